The number of rotatable bonds is 5. The minimum Gasteiger partial charge on any atom is -0.497 e. The molecule has 4 heteroatoms. The predicted octanol–water partition coefficient (Wildman–Crippen LogP) is 1.73. The van der Waals surface area contributed by atoms with Crippen LogP contribution in [0.15, 0.2) is 24.3 Å². The number of carbonyl (C=O) groups excluding carboxylic acids is 1. The summed E-state index contributed by atoms with van der Waals surface area (Å²) in [5.74, 6) is 0.739. The van der Waals surface area contributed by atoms with Crippen LogP contribution in [0.4, 0.5) is 0 Å². The van der Waals surface area contributed by atoms with E-state index in [1.807, 2.05) is 45.0 Å². The predicted molar refractivity (Wildman–Crippen MR) is 77.1 cm³/mol. The highest BCUT2D eigenvalue weighted by molar-refractivity contribution is 5.82. The molecule has 0 spiro atoms. The Morgan fingerprint density at radius 3 is 2.37 bits per heavy atom. The van der Waals surface area contributed by atoms with Crippen molar-refractivity contribution in [2.45, 2.75) is 33.2 Å². The van der Waals surface area contributed by atoms with E-state index >= 15 is 0 Å². The summed E-state index contributed by atoms with van der Waals surface area (Å²) >= 11 is 0. The molecule has 0 aromatic heterocycles. The first-order chi connectivity index (χ1) is 8.84. The smallest absolute Gasteiger partial charge is 0.237 e. The maximum atomic E-state index is 11.8. The molecule has 19 heavy (non-hydrogen) atoms. The Balaban J connectivity index is 2.39. The van der Waals surface area contributed by atoms with Gasteiger partial charge in [-0.15, -0.1) is 0 Å². The fourth-order valence-corrected chi connectivity index (χ4v) is 1.63. The molecular weight excluding hydrogens is 240 g/mol. The second-order valence-corrected chi connectivity index (χ2v) is 5.73. The number of amides is 1. The molecule has 4 nitrogen and oxygen atoms in total. The molecule has 0 unspecified atom stereocenters. The van der Waals surface area contributed by atoms with Crippen LogP contribution in [-0.4, -0.2) is 25.6 Å². The maximum absolute atomic E-state index is 11.8. The molecule has 0 bridgehead atoms. The van der Waals surface area contributed by atoms with Crippen molar-refractivity contribution in [2.24, 2.45) is 11.1 Å². The Morgan fingerprint density at radius 1 is 1.32 bits per heavy atom. The highest BCUT2D eigenvalue weighted by Crippen LogP contribution is 2.17. The zero-order chi connectivity index (χ0) is 14.5. The van der Waals surface area contributed by atoms with Gasteiger partial charge in [0.2, 0.25) is 5.91 Å². The van der Waals surface area contributed by atoms with Crippen molar-refractivity contribution in [3.63, 3.8) is 0 Å². The van der Waals surface area contributed by atoms with Gasteiger partial charge in [-0.3, -0.25) is 4.79 Å². The summed E-state index contributed by atoms with van der Waals surface area (Å²) in [6.45, 7) is 6.47. The topological polar surface area (TPSA) is 64.3 Å². The van der Waals surface area contributed by atoms with E-state index in [9.17, 15) is 4.79 Å². The Hall–Kier alpha value is -1.55. The molecule has 0 aliphatic carbocycles. The van der Waals surface area contributed by atoms with Crippen LogP contribution < -0.4 is 15.8 Å². The number of methoxy groups -OCH3 is 1. The zero-order valence-corrected chi connectivity index (χ0v) is 12.2. The van der Waals surface area contributed by atoms with Gasteiger partial charge in [0.15, 0.2) is 0 Å². The summed E-state index contributed by atoms with van der Waals surface area (Å²) in [6.07, 6.45) is 0.784. The van der Waals surface area contributed by atoms with Gasteiger partial charge in [0, 0.05) is 6.54 Å². The number of carbonyl (C=O) groups is 1. The summed E-state index contributed by atoms with van der Waals surface area (Å²) in [7, 11) is 1.64. The number of nitrogens with two attached hydrogens (primary N) is 1. The van der Waals surface area contributed by atoms with Crippen LogP contribution in [0.3, 0.4) is 0 Å². The Labute approximate surface area is 115 Å². The largest absolute Gasteiger partial charge is 0.497 e. The van der Waals surface area contributed by atoms with E-state index in [2.05, 4.69) is 5.32 Å². The lowest BCUT2D eigenvalue weighted by atomic mass is 9.87. The molecule has 1 rings (SSSR count). The molecule has 1 atom stereocenters. The number of hydrogen-bond acceptors (Lipinski definition) is 3. The minimum atomic E-state index is -0.483. The lowest BCUT2D eigenvalue weighted by molar-refractivity contribution is -0.124. The van der Waals surface area contributed by atoms with Crippen molar-refractivity contribution in [3.05, 3.63) is 29.8 Å². The molecule has 1 aromatic carbocycles. The molecule has 0 saturated carbocycles. The highest BCUT2D eigenvalue weighted by Gasteiger charge is 2.26. The lowest BCUT2D eigenvalue weighted by Crippen LogP contribution is -2.48. The monoisotopic (exact) mass is 264 g/mol. The van der Waals surface area contributed by atoms with Gasteiger partial charge in [-0.2, -0.15) is 0 Å². The molecule has 106 valence electrons. The Kier molecular flexibility index (Phi) is 5.36. The van der Waals surface area contributed by atoms with E-state index in [-0.39, 0.29) is 11.3 Å². The van der Waals surface area contributed by atoms with Crippen LogP contribution in [0.1, 0.15) is 26.3 Å². The lowest BCUT2D eigenvalue weighted by Gasteiger charge is -2.25. The zero-order valence-electron chi connectivity index (χ0n) is 12.2. The van der Waals surface area contributed by atoms with Crippen molar-refractivity contribution in [1.29, 1.82) is 0 Å². The summed E-state index contributed by atoms with van der Waals surface area (Å²) in [6, 6.07) is 7.34. The standard InChI is InChI=1S/C15H24N2O2/c1-15(2,3)13(16)14(18)17-10-9-11-5-7-12(19-4)8-6-11/h5-8,13H,9-10,16H2,1-4H3,(H,17,18)/t13-/m1/s1. The van der Waals surface area contributed by atoms with Crippen molar-refractivity contribution >= 4 is 5.91 Å². The normalized spacial score (nSPS) is 12.9. The maximum Gasteiger partial charge on any atom is 0.237 e. The van der Waals surface area contributed by atoms with E-state index in [0.29, 0.717) is 6.54 Å². The number of nitrogens with one attached hydrogen (secondary N) is 1. The van der Waals surface area contributed by atoms with Gasteiger partial charge in [-0.05, 0) is 29.5 Å². The van der Waals surface area contributed by atoms with Gasteiger partial charge >= 0.3 is 0 Å². The molecule has 0 saturated heterocycles. The average Bonchev–Trinajstić information content (AvgIpc) is 2.37. The SMILES string of the molecule is COc1ccc(CCNC(=O)[C@@H](N)C(C)(C)C)cc1. The fraction of sp³-hybridized carbons (Fsp3) is 0.533. The van der Waals surface area contributed by atoms with Gasteiger partial charge in [-0.25, -0.2) is 0 Å². The van der Waals surface area contributed by atoms with E-state index in [1.54, 1.807) is 7.11 Å². The molecule has 3 N–H and O–H groups in total. The van der Waals surface area contributed by atoms with Gasteiger partial charge in [0.05, 0.1) is 13.2 Å². The molecule has 1 aromatic rings. The Morgan fingerprint density at radius 2 is 1.89 bits per heavy atom. The van der Waals surface area contributed by atoms with Crippen molar-refractivity contribution in [2.75, 3.05) is 13.7 Å². The number of ether oxygens (including phenoxy) is 1. The molecule has 0 aliphatic rings. The van der Waals surface area contributed by atoms with Crippen LogP contribution in [-0.2, 0) is 11.2 Å². The van der Waals surface area contributed by atoms with Crippen LogP contribution in [0, 0.1) is 5.41 Å². The van der Waals surface area contributed by atoms with Gasteiger partial charge in [0.25, 0.3) is 0 Å². The van der Waals surface area contributed by atoms with Crippen molar-refractivity contribution < 1.29 is 9.53 Å². The number of benzene rings is 1. The van der Waals surface area contributed by atoms with Crippen molar-refractivity contribution in [1.82, 2.24) is 5.32 Å². The second kappa shape index (κ2) is 6.57. The molecule has 0 fully saturated rings. The third-order valence-corrected chi connectivity index (χ3v) is 3.09. The van der Waals surface area contributed by atoms with Crippen molar-refractivity contribution in [3.8, 4) is 5.75 Å². The number of hydrogen-bond donors (Lipinski definition) is 2. The molecule has 0 radical (unpaired) electrons. The third kappa shape index (κ3) is 4.91. The van der Waals surface area contributed by atoms with Crippen LogP contribution >= 0.6 is 0 Å². The van der Waals surface area contributed by atoms with E-state index in [0.717, 1.165) is 17.7 Å². The molecule has 0 heterocycles. The first-order valence-corrected chi connectivity index (χ1v) is 6.51. The first-order valence-electron chi connectivity index (χ1n) is 6.51. The van der Waals surface area contributed by atoms with E-state index in [1.165, 1.54) is 0 Å². The molecule has 0 aliphatic heterocycles. The molecular formula is C15H24N2O2. The summed E-state index contributed by atoms with van der Waals surface area (Å²) in [5.41, 5.74) is 6.82. The average molecular weight is 264 g/mol. The van der Waals surface area contributed by atoms with Crippen LogP contribution in [0.2, 0.25) is 0 Å². The summed E-state index contributed by atoms with van der Waals surface area (Å²) in [4.78, 5) is 11.8. The van der Waals surface area contributed by atoms with Crippen LogP contribution in [0.5, 0.6) is 5.75 Å². The third-order valence-electron chi connectivity index (χ3n) is 3.09. The van der Waals surface area contributed by atoms with Gasteiger partial charge in [0.1, 0.15) is 5.75 Å². The highest BCUT2D eigenvalue weighted by atomic mass is 16.5. The quantitative estimate of drug-likeness (QED) is 0.851. The summed E-state index contributed by atoms with van der Waals surface area (Å²) in [5, 5.41) is 2.87. The minimum absolute atomic E-state index is 0.0963. The van der Waals surface area contributed by atoms with Gasteiger partial charge in [-0.1, -0.05) is 32.9 Å². The second-order valence-electron chi connectivity index (χ2n) is 5.73. The summed E-state index contributed by atoms with van der Waals surface area (Å²) < 4.78 is 5.09. The van der Waals surface area contributed by atoms with Crippen LogP contribution in [0.25, 0.3) is 0 Å². The molecule has 1 amide bonds. The van der Waals surface area contributed by atoms with Gasteiger partial charge < -0.3 is 15.8 Å². The van der Waals surface area contributed by atoms with E-state index < -0.39 is 6.04 Å². The van der Waals surface area contributed by atoms with E-state index in [4.69, 9.17) is 10.5 Å². The fourth-order valence-electron chi connectivity index (χ4n) is 1.63. The Bertz CT molecular complexity index is 407. The first kappa shape index (κ1) is 15.5.